The molecular formula is C11H17N3O2. The second-order valence-electron chi connectivity index (χ2n) is 3.83. The van der Waals surface area contributed by atoms with Gasteiger partial charge in [0.05, 0.1) is 18.3 Å². The molecule has 0 aliphatic heterocycles. The molecule has 0 fully saturated rings. The zero-order chi connectivity index (χ0) is 12.1. The van der Waals surface area contributed by atoms with Crippen molar-refractivity contribution in [2.75, 3.05) is 37.5 Å². The first-order chi connectivity index (χ1) is 7.50. The SMILES string of the molecule is CN(C)c1ccc(N(C)CCC(=O)O)cn1. The molecule has 5 heteroatoms. The molecule has 0 spiro atoms. The maximum Gasteiger partial charge on any atom is 0.305 e. The number of carboxylic acid groups (broad SMARTS) is 1. The number of anilines is 2. The third-order valence-electron chi connectivity index (χ3n) is 2.29. The van der Waals surface area contributed by atoms with Gasteiger partial charge in [0.1, 0.15) is 5.82 Å². The molecule has 1 heterocycles. The molecule has 88 valence electrons. The number of rotatable bonds is 5. The highest BCUT2D eigenvalue weighted by Gasteiger charge is 2.04. The summed E-state index contributed by atoms with van der Waals surface area (Å²) in [4.78, 5) is 18.5. The lowest BCUT2D eigenvalue weighted by Crippen LogP contribution is -2.21. The van der Waals surface area contributed by atoms with Gasteiger partial charge in [-0.25, -0.2) is 4.98 Å². The Labute approximate surface area is 95.3 Å². The first kappa shape index (κ1) is 12.3. The predicted octanol–water partition coefficient (Wildman–Crippen LogP) is 1.06. The summed E-state index contributed by atoms with van der Waals surface area (Å²) in [6.45, 7) is 0.484. The van der Waals surface area contributed by atoms with Gasteiger partial charge < -0.3 is 14.9 Å². The number of carbonyl (C=O) groups is 1. The number of hydrogen-bond donors (Lipinski definition) is 1. The van der Waals surface area contributed by atoms with Gasteiger partial charge in [0.2, 0.25) is 0 Å². The lowest BCUT2D eigenvalue weighted by atomic mass is 10.3. The fourth-order valence-electron chi connectivity index (χ4n) is 1.26. The summed E-state index contributed by atoms with van der Waals surface area (Å²) >= 11 is 0. The zero-order valence-corrected chi connectivity index (χ0v) is 9.84. The van der Waals surface area contributed by atoms with E-state index in [0.717, 1.165) is 11.5 Å². The van der Waals surface area contributed by atoms with Crippen LogP contribution < -0.4 is 9.80 Å². The first-order valence-corrected chi connectivity index (χ1v) is 5.07. The fourth-order valence-corrected chi connectivity index (χ4v) is 1.26. The van der Waals surface area contributed by atoms with Crippen molar-refractivity contribution in [3.8, 4) is 0 Å². The summed E-state index contributed by atoms with van der Waals surface area (Å²) < 4.78 is 0. The normalized spacial score (nSPS) is 9.94. The summed E-state index contributed by atoms with van der Waals surface area (Å²) in [6.07, 6.45) is 1.88. The van der Waals surface area contributed by atoms with Gasteiger partial charge in [0, 0.05) is 27.7 Å². The van der Waals surface area contributed by atoms with Gasteiger partial charge in [-0.15, -0.1) is 0 Å². The predicted molar refractivity (Wildman–Crippen MR) is 64.1 cm³/mol. The van der Waals surface area contributed by atoms with E-state index in [-0.39, 0.29) is 6.42 Å². The van der Waals surface area contributed by atoms with Crippen molar-refractivity contribution in [2.24, 2.45) is 0 Å². The highest BCUT2D eigenvalue weighted by atomic mass is 16.4. The summed E-state index contributed by atoms with van der Waals surface area (Å²) in [5.41, 5.74) is 0.923. The molecule has 16 heavy (non-hydrogen) atoms. The molecule has 0 atom stereocenters. The summed E-state index contributed by atoms with van der Waals surface area (Å²) in [7, 11) is 5.71. The van der Waals surface area contributed by atoms with Crippen LogP contribution in [0.1, 0.15) is 6.42 Å². The van der Waals surface area contributed by atoms with Gasteiger partial charge >= 0.3 is 5.97 Å². The molecule has 5 nitrogen and oxygen atoms in total. The summed E-state index contributed by atoms with van der Waals surface area (Å²) in [5.74, 6) is 0.0973. The van der Waals surface area contributed by atoms with Gasteiger partial charge in [0.25, 0.3) is 0 Å². The second kappa shape index (κ2) is 5.34. The third kappa shape index (κ3) is 3.42. The van der Waals surface area contributed by atoms with Crippen LogP contribution in [0.25, 0.3) is 0 Å². The van der Waals surface area contributed by atoms with Crippen molar-refractivity contribution in [3.63, 3.8) is 0 Å². The first-order valence-electron chi connectivity index (χ1n) is 5.07. The van der Waals surface area contributed by atoms with Crippen LogP contribution in [0.4, 0.5) is 11.5 Å². The molecule has 0 saturated carbocycles. The van der Waals surface area contributed by atoms with E-state index in [4.69, 9.17) is 5.11 Å². The third-order valence-corrected chi connectivity index (χ3v) is 2.29. The Kier molecular flexibility index (Phi) is 4.10. The van der Waals surface area contributed by atoms with Gasteiger partial charge in [0.15, 0.2) is 0 Å². The molecule has 0 radical (unpaired) electrons. The topological polar surface area (TPSA) is 56.7 Å². The smallest absolute Gasteiger partial charge is 0.305 e. The quantitative estimate of drug-likeness (QED) is 0.808. The Hall–Kier alpha value is -1.78. The van der Waals surface area contributed by atoms with E-state index in [1.165, 1.54) is 0 Å². The Bertz CT molecular complexity index is 349. The van der Waals surface area contributed by atoms with Gasteiger partial charge in [-0.2, -0.15) is 0 Å². The average Bonchev–Trinajstić information content (AvgIpc) is 2.26. The lowest BCUT2D eigenvalue weighted by Gasteiger charge is -2.19. The van der Waals surface area contributed by atoms with E-state index in [9.17, 15) is 4.79 Å². The van der Waals surface area contributed by atoms with E-state index in [0.29, 0.717) is 6.54 Å². The molecule has 0 amide bonds. The molecular weight excluding hydrogens is 206 g/mol. The Morgan fingerprint density at radius 1 is 1.38 bits per heavy atom. The Morgan fingerprint density at radius 2 is 2.06 bits per heavy atom. The molecule has 1 aromatic rings. The van der Waals surface area contributed by atoms with Crippen molar-refractivity contribution in [1.29, 1.82) is 0 Å². The zero-order valence-electron chi connectivity index (χ0n) is 9.84. The van der Waals surface area contributed by atoms with Crippen molar-refractivity contribution in [2.45, 2.75) is 6.42 Å². The highest BCUT2D eigenvalue weighted by Crippen LogP contribution is 2.15. The van der Waals surface area contributed by atoms with E-state index in [1.807, 2.05) is 43.1 Å². The van der Waals surface area contributed by atoms with Crippen LogP contribution in [-0.2, 0) is 4.79 Å². The van der Waals surface area contributed by atoms with Crippen LogP contribution in [0.3, 0.4) is 0 Å². The molecule has 0 aromatic carbocycles. The highest BCUT2D eigenvalue weighted by molar-refractivity contribution is 5.67. The summed E-state index contributed by atoms with van der Waals surface area (Å²) in [5, 5.41) is 8.58. The number of carboxylic acids is 1. The van der Waals surface area contributed by atoms with Crippen LogP contribution in [0.5, 0.6) is 0 Å². The van der Waals surface area contributed by atoms with Crippen LogP contribution in [0, 0.1) is 0 Å². The van der Waals surface area contributed by atoms with E-state index >= 15 is 0 Å². The number of pyridine rings is 1. The molecule has 0 saturated heterocycles. The van der Waals surface area contributed by atoms with Crippen molar-refractivity contribution >= 4 is 17.5 Å². The number of aromatic nitrogens is 1. The summed E-state index contributed by atoms with van der Waals surface area (Å²) in [6, 6.07) is 3.84. The fraction of sp³-hybridized carbons (Fsp3) is 0.455. The van der Waals surface area contributed by atoms with Gasteiger partial charge in [-0.3, -0.25) is 4.79 Å². The van der Waals surface area contributed by atoms with Crippen molar-refractivity contribution in [3.05, 3.63) is 18.3 Å². The Balaban J connectivity index is 2.62. The van der Waals surface area contributed by atoms with Crippen LogP contribution >= 0.6 is 0 Å². The molecule has 1 rings (SSSR count). The van der Waals surface area contributed by atoms with Crippen LogP contribution in [0.2, 0.25) is 0 Å². The van der Waals surface area contributed by atoms with E-state index < -0.39 is 5.97 Å². The molecule has 0 aliphatic carbocycles. The minimum Gasteiger partial charge on any atom is -0.481 e. The number of aliphatic carboxylic acids is 1. The molecule has 1 aromatic heterocycles. The average molecular weight is 223 g/mol. The number of nitrogens with zero attached hydrogens (tertiary/aromatic N) is 3. The van der Waals surface area contributed by atoms with Crippen molar-refractivity contribution < 1.29 is 9.90 Å². The monoisotopic (exact) mass is 223 g/mol. The van der Waals surface area contributed by atoms with E-state index in [1.54, 1.807) is 6.20 Å². The molecule has 0 unspecified atom stereocenters. The molecule has 0 bridgehead atoms. The maximum absolute atomic E-state index is 10.4. The second-order valence-corrected chi connectivity index (χ2v) is 3.83. The van der Waals surface area contributed by atoms with Crippen molar-refractivity contribution in [1.82, 2.24) is 4.98 Å². The van der Waals surface area contributed by atoms with Crippen LogP contribution in [0.15, 0.2) is 18.3 Å². The minimum absolute atomic E-state index is 0.131. The molecule has 0 aliphatic rings. The standard InChI is InChI=1S/C11H17N3O2/c1-13(2)10-5-4-9(8-12-10)14(3)7-6-11(15)16/h4-5,8H,6-7H2,1-3H3,(H,15,16). The van der Waals surface area contributed by atoms with Gasteiger partial charge in [-0.1, -0.05) is 0 Å². The molecule has 1 N–H and O–H groups in total. The largest absolute Gasteiger partial charge is 0.481 e. The lowest BCUT2D eigenvalue weighted by molar-refractivity contribution is -0.136. The number of hydrogen-bond acceptors (Lipinski definition) is 4. The maximum atomic E-state index is 10.4. The Morgan fingerprint density at radius 3 is 2.50 bits per heavy atom. The minimum atomic E-state index is -0.787. The van der Waals surface area contributed by atoms with E-state index in [2.05, 4.69) is 4.98 Å². The van der Waals surface area contributed by atoms with Gasteiger partial charge in [-0.05, 0) is 12.1 Å². The van der Waals surface area contributed by atoms with Crippen LogP contribution in [-0.4, -0.2) is 43.7 Å².